The Morgan fingerprint density at radius 2 is 1.91 bits per heavy atom. The molecule has 0 aromatic carbocycles. The Balaban J connectivity index is 1.56. The summed E-state index contributed by atoms with van der Waals surface area (Å²) in [7, 11) is 2.13. The first-order valence-corrected chi connectivity index (χ1v) is 12.5. The highest BCUT2D eigenvalue weighted by Crippen LogP contribution is 2.33. The fraction of sp³-hybridized carbons (Fsp3) is 0.591. The molecule has 2 aromatic rings. The minimum atomic E-state index is -0.350. The number of nitrogens with zero attached hydrogens (tertiary/aromatic N) is 6. The number of rotatable bonds is 7. The van der Waals surface area contributed by atoms with Crippen molar-refractivity contribution in [1.29, 1.82) is 0 Å². The van der Waals surface area contributed by atoms with Gasteiger partial charge in [0, 0.05) is 37.9 Å². The maximum atomic E-state index is 11.6. The summed E-state index contributed by atoms with van der Waals surface area (Å²) in [6, 6.07) is 2.08. The topological polar surface area (TPSA) is 148 Å². The first-order valence-electron chi connectivity index (χ1n) is 11.7. The molecule has 0 atom stereocenters. The lowest BCUT2D eigenvalue weighted by molar-refractivity contribution is -0.114. The SMILES string of the molecule is Cc1cc(Sc2ncc(N3CCN(C)CC3)c(OC3CCC(N)CC3)n2)nc(NC(=O)CN)n1. The van der Waals surface area contributed by atoms with Crippen molar-refractivity contribution in [2.24, 2.45) is 11.5 Å². The van der Waals surface area contributed by atoms with E-state index in [9.17, 15) is 4.79 Å². The molecule has 1 aliphatic carbocycles. The normalized spacial score (nSPS) is 21.4. The van der Waals surface area contributed by atoms with Gasteiger partial charge in [0.15, 0.2) is 5.16 Å². The molecule has 5 N–H and O–H groups in total. The van der Waals surface area contributed by atoms with Gasteiger partial charge in [-0.15, -0.1) is 0 Å². The molecular formula is C22H33N9O2S. The Morgan fingerprint density at radius 3 is 2.62 bits per heavy atom. The third kappa shape index (κ3) is 6.53. The minimum Gasteiger partial charge on any atom is -0.473 e. The maximum Gasteiger partial charge on any atom is 0.242 e. The first kappa shape index (κ1) is 24.6. The highest BCUT2D eigenvalue weighted by Gasteiger charge is 2.25. The van der Waals surface area contributed by atoms with E-state index in [4.69, 9.17) is 21.2 Å². The summed E-state index contributed by atoms with van der Waals surface area (Å²) in [5, 5.41) is 3.75. The van der Waals surface area contributed by atoms with E-state index in [1.807, 2.05) is 19.2 Å². The van der Waals surface area contributed by atoms with Gasteiger partial charge in [0.05, 0.1) is 12.7 Å². The Morgan fingerprint density at radius 1 is 1.18 bits per heavy atom. The van der Waals surface area contributed by atoms with E-state index in [2.05, 4.69) is 37.1 Å². The maximum absolute atomic E-state index is 11.6. The number of likely N-dealkylation sites (N-methyl/N-ethyl adjacent to an activating group) is 1. The van der Waals surface area contributed by atoms with Crippen LogP contribution in [0.15, 0.2) is 22.4 Å². The average Bonchev–Trinajstić information content (AvgIpc) is 2.81. The number of aromatic nitrogens is 4. The predicted molar refractivity (Wildman–Crippen MR) is 131 cm³/mol. The van der Waals surface area contributed by atoms with Gasteiger partial charge in [-0.1, -0.05) is 0 Å². The van der Waals surface area contributed by atoms with E-state index in [0.717, 1.165) is 57.5 Å². The van der Waals surface area contributed by atoms with Crippen LogP contribution in [0.3, 0.4) is 0 Å². The van der Waals surface area contributed by atoms with Gasteiger partial charge in [-0.25, -0.2) is 15.0 Å². The van der Waals surface area contributed by atoms with Crippen LogP contribution in [-0.4, -0.2) is 82.7 Å². The molecule has 4 rings (SSSR count). The molecule has 184 valence electrons. The molecule has 2 fully saturated rings. The molecule has 34 heavy (non-hydrogen) atoms. The lowest BCUT2D eigenvalue weighted by atomic mass is 9.94. The van der Waals surface area contributed by atoms with Gasteiger partial charge in [0.2, 0.25) is 17.7 Å². The average molecular weight is 488 g/mol. The zero-order chi connectivity index (χ0) is 24.1. The second-order valence-electron chi connectivity index (χ2n) is 8.81. The molecule has 3 heterocycles. The molecule has 0 spiro atoms. The molecule has 11 nitrogen and oxygen atoms in total. The number of carbonyl (C=O) groups is 1. The largest absolute Gasteiger partial charge is 0.473 e. The molecule has 1 aliphatic heterocycles. The van der Waals surface area contributed by atoms with Crippen LogP contribution in [0.1, 0.15) is 31.4 Å². The Bertz CT molecular complexity index is 992. The van der Waals surface area contributed by atoms with Crippen LogP contribution in [-0.2, 0) is 4.79 Å². The van der Waals surface area contributed by atoms with Crippen molar-refractivity contribution in [1.82, 2.24) is 24.8 Å². The van der Waals surface area contributed by atoms with Crippen LogP contribution in [0.2, 0.25) is 0 Å². The number of anilines is 2. The smallest absolute Gasteiger partial charge is 0.242 e. The molecular weight excluding hydrogens is 454 g/mol. The van der Waals surface area contributed by atoms with E-state index in [-0.39, 0.29) is 30.5 Å². The molecule has 2 aliphatic rings. The number of amides is 1. The summed E-state index contributed by atoms with van der Waals surface area (Å²) in [4.78, 5) is 34.3. The molecule has 12 heteroatoms. The summed E-state index contributed by atoms with van der Waals surface area (Å²) < 4.78 is 6.43. The Kier molecular flexibility index (Phi) is 8.14. The van der Waals surface area contributed by atoms with Gasteiger partial charge >= 0.3 is 0 Å². The van der Waals surface area contributed by atoms with Crippen LogP contribution >= 0.6 is 11.8 Å². The second kappa shape index (κ2) is 11.3. The molecule has 0 bridgehead atoms. The van der Waals surface area contributed by atoms with Crippen molar-refractivity contribution >= 4 is 29.3 Å². The molecule has 1 amide bonds. The van der Waals surface area contributed by atoms with Gasteiger partial charge in [-0.2, -0.15) is 4.98 Å². The van der Waals surface area contributed by atoms with E-state index < -0.39 is 0 Å². The number of hydrogen-bond acceptors (Lipinski definition) is 11. The quantitative estimate of drug-likeness (QED) is 0.380. The number of piperazine rings is 1. The number of nitrogens with one attached hydrogen (secondary N) is 1. The van der Waals surface area contributed by atoms with Crippen LogP contribution in [0.5, 0.6) is 5.88 Å². The number of aryl methyl sites for hydroxylation is 1. The zero-order valence-electron chi connectivity index (χ0n) is 19.7. The summed E-state index contributed by atoms with van der Waals surface area (Å²) in [5.41, 5.74) is 13.1. The van der Waals surface area contributed by atoms with Crippen LogP contribution in [0.4, 0.5) is 11.6 Å². The number of ether oxygens (including phenoxy) is 1. The van der Waals surface area contributed by atoms with Crippen molar-refractivity contribution in [2.75, 3.05) is 50.0 Å². The summed E-state index contributed by atoms with van der Waals surface area (Å²) >= 11 is 1.30. The van der Waals surface area contributed by atoms with Gasteiger partial charge in [0.1, 0.15) is 16.8 Å². The molecule has 0 unspecified atom stereocenters. The predicted octanol–water partition coefficient (Wildman–Crippen LogP) is 1.02. The van der Waals surface area contributed by atoms with Gasteiger partial charge in [-0.05, 0) is 57.5 Å². The number of nitrogens with two attached hydrogens (primary N) is 2. The zero-order valence-corrected chi connectivity index (χ0v) is 20.6. The van der Waals surface area contributed by atoms with E-state index in [0.29, 0.717) is 21.8 Å². The van der Waals surface area contributed by atoms with Crippen molar-refractivity contribution in [3.63, 3.8) is 0 Å². The highest BCUT2D eigenvalue weighted by atomic mass is 32.2. The fourth-order valence-electron chi connectivity index (χ4n) is 4.03. The standard InChI is InChI=1S/C22H33N9O2S/c1-14-11-19(28-21(26-14)27-18(32)12-23)34-22-25-13-17(31-9-7-30(2)8-10-31)20(29-22)33-16-5-3-15(24)4-6-16/h11,13,15-16H,3-10,12,23-24H2,1-2H3,(H,26,27,28,32). The lowest BCUT2D eigenvalue weighted by Crippen LogP contribution is -2.44. The molecule has 2 aromatic heterocycles. The lowest BCUT2D eigenvalue weighted by Gasteiger charge is -2.35. The van der Waals surface area contributed by atoms with Gasteiger partial charge in [-0.3, -0.25) is 10.1 Å². The Hall–Kier alpha value is -2.54. The second-order valence-corrected chi connectivity index (χ2v) is 9.80. The van der Waals surface area contributed by atoms with E-state index in [1.165, 1.54) is 11.8 Å². The van der Waals surface area contributed by atoms with Crippen molar-refractivity contribution < 1.29 is 9.53 Å². The van der Waals surface area contributed by atoms with E-state index >= 15 is 0 Å². The third-order valence-electron chi connectivity index (χ3n) is 6.02. The van der Waals surface area contributed by atoms with Crippen molar-refractivity contribution in [2.45, 2.75) is 54.9 Å². The molecule has 1 saturated heterocycles. The Labute approximate surface area is 204 Å². The van der Waals surface area contributed by atoms with Crippen LogP contribution in [0, 0.1) is 6.92 Å². The van der Waals surface area contributed by atoms with Gasteiger partial charge < -0.3 is 26.0 Å². The minimum absolute atomic E-state index is 0.0955. The van der Waals surface area contributed by atoms with Crippen molar-refractivity contribution in [3.8, 4) is 5.88 Å². The number of hydrogen-bond donors (Lipinski definition) is 3. The third-order valence-corrected chi connectivity index (χ3v) is 6.82. The van der Waals surface area contributed by atoms with Crippen LogP contribution < -0.4 is 26.4 Å². The van der Waals surface area contributed by atoms with Crippen molar-refractivity contribution in [3.05, 3.63) is 18.0 Å². The summed E-state index contributed by atoms with van der Waals surface area (Å²) in [5.74, 6) is 0.462. The monoisotopic (exact) mass is 487 g/mol. The molecule has 0 radical (unpaired) electrons. The number of carbonyl (C=O) groups excluding carboxylic acids is 1. The fourth-order valence-corrected chi connectivity index (χ4v) is 4.81. The summed E-state index contributed by atoms with van der Waals surface area (Å²) in [6.45, 7) is 5.45. The summed E-state index contributed by atoms with van der Waals surface area (Å²) in [6.07, 6.45) is 5.70. The molecule has 1 saturated carbocycles. The first-order chi connectivity index (χ1) is 16.4. The van der Waals surface area contributed by atoms with Gasteiger partial charge in [0.25, 0.3) is 0 Å². The van der Waals surface area contributed by atoms with E-state index in [1.54, 1.807) is 0 Å². The highest BCUT2D eigenvalue weighted by molar-refractivity contribution is 7.99. The van der Waals surface area contributed by atoms with Crippen LogP contribution in [0.25, 0.3) is 0 Å².